The molecule has 2 aromatic carbocycles. The smallest absolute Gasteiger partial charge is 0.227 e. The summed E-state index contributed by atoms with van der Waals surface area (Å²) in [6, 6.07) is 15.2. The predicted octanol–water partition coefficient (Wildman–Crippen LogP) is 3.24. The van der Waals surface area contributed by atoms with Gasteiger partial charge in [0.2, 0.25) is 11.8 Å². The lowest BCUT2D eigenvalue weighted by Gasteiger charge is -2.18. The Morgan fingerprint density at radius 2 is 1.92 bits per heavy atom. The number of carbonyl (C=O) groups excluding carboxylic acids is 2. The summed E-state index contributed by atoms with van der Waals surface area (Å²) in [5, 5.41) is 3.01. The molecule has 2 aromatic rings. The summed E-state index contributed by atoms with van der Waals surface area (Å²) >= 11 is 0. The van der Waals surface area contributed by atoms with Crippen molar-refractivity contribution in [2.75, 3.05) is 18.6 Å². The summed E-state index contributed by atoms with van der Waals surface area (Å²) in [7, 11) is 1.63. The van der Waals surface area contributed by atoms with Crippen molar-refractivity contribution >= 4 is 17.5 Å². The zero-order chi connectivity index (χ0) is 18.5. The normalized spacial score (nSPS) is 15.0. The van der Waals surface area contributed by atoms with Gasteiger partial charge < -0.3 is 15.0 Å². The second kappa shape index (κ2) is 8.04. The summed E-state index contributed by atoms with van der Waals surface area (Å²) in [5.41, 5.74) is 2.77. The van der Waals surface area contributed by atoms with Gasteiger partial charge in [-0.3, -0.25) is 9.59 Å². The number of carbonyl (C=O) groups is 2. The molecule has 1 atom stereocenters. The van der Waals surface area contributed by atoms with E-state index in [1.807, 2.05) is 55.5 Å². The SMILES string of the molecule is COc1ccccc1[C@H](C)NC(=O)Cc1ccc(N2CCCC2=O)cc1. The number of methoxy groups -OCH3 is 1. The number of rotatable bonds is 6. The van der Waals surface area contributed by atoms with E-state index < -0.39 is 0 Å². The standard InChI is InChI=1S/C21H24N2O3/c1-15(18-6-3-4-7-19(18)26-2)22-20(24)14-16-9-11-17(12-10-16)23-13-5-8-21(23)25/h3-4,6-7,9-12,15H,5,8,13-14H2,1-2H3,(H,22,24)/t15-/m0/s1. The van der Waals surface area contributed by atoms with Gasteiger partial charge in [-0.2, -0.15) is 0 Å². The Bertz CT molecular complexity index is 786. The van der Waals surface area contributed by atoms with Crippen LogP contribution in [-0.4, -0.2) is 25.5 Å². The number of nitrogens with one attached hydrogen (secondary N) is 1. The molecule has 1 N–H and O–H groups in total. The van der Waals surface area contributed by atoms with Crippen LogP contribution in [0.4, 0.5) is 5.69 Å². The largest absolute Gasteiger partial charge is 0.496 e. The summed E-state index contributed by atoms with van der Waals surface area (Å²) in [4.78, 5) is 26.0. The second-order valence-electron chi connectivity index (χ2n) is 6.52. The van der Waals surface area contributed by atoms with Crippen molar-refractivity contribution in [3.8, 4) is 5.75 Å². The van der Waals surface area contributed by atoms with E-state index in [1.165, 1.54) is 0 Å². The first kappa shape index (κ1) is 18.0. The molecule has 26 heavy (non-hydrogen) atoms. The molecule has 136 valence electrons. The zero-order valence-corrected chi connectivity index (χ0v) is 15.2. The lowest BCUT2D eigenvalue weighted by atomic mass is 10.1. The Morgan fingerprint density at radius 1 is 1.19 bits per heavy atom. The fourth-order valence-corrected chi connectivity index (χ4v) is 3.29. The summed E-state index contributed by atoms with van der Waals surface area (Å²) in [5.74, 6) is 0.884. The van der Waals surface area contributed by atoms with Gasteiger partial charge in [-0.1, -0.05) is 30.3 Å². The fraction of sp³-hybridized carbons (Fsp3) is 0.333. The molecule has 0 aromatic heterocycles. The minimum absolute atomic E-state index is 0.0478. The van der Waals surface area contributed by atoms with Crippen LogP contribution in [0.5, 0.6) is 5.75 Å². The average Bonchev–Trinajstić information content (AvgIpc) is 3.08. The third-order valence-electron chi connectivity index (χ3n) is 4.67. The number of hydrogen-bond donors (Lipinski definition) is 1. The van der Waals surface area contributed by atoms with Crippen molar-refractivity contribution in [1.82, 2.24) is 5.32 Å². The quantitative estimate of drug-likeness (QED) is 0.868. The van der Waals surface area contributed by atoms with Gasteiger partial charge in [0.1, 0.15) is 5.75 Å². The van der Waals surface area contributed by atoms with E-state index in [-0.39, 0.29) is 17.9 Å². The molecule has 1 aliphatic heterocycles. The second-order valence-corrected chi connectivity index (χ2v) is 6.52. The Balaban J connectivity index is 1.60. The number of hydrogen-bond acceptors (Lipinski definition) is 3. The van der Waals surface area contributed by atoms with Crippen molar-refractivity contribution in [2.45, 2.75) is 32.2 Å². The van der Waals surface area contributed by atoms with Gasteiger partial charge in [0.05, 0.1) is 19.6 Å². The molecule has 5 heteroatoms. The van der Waals surface area contributed by atoms with Crippen LogP contribution in [0.3, 0.4) is 0 Å². The van der Waals surface area contributed by atoms with Crippen LogP contribution >= 0.6 is 0 Å². The first-order valence-corrected chi connectivity index (χ1v) is 8.90. The van der Waals surface area contributed by atoms with E-state index in [9.17, 15) is 9.59 Å². The Hall–Kier alpha value is -2.82. The minimum atomic E-state index is -0.139. The summed E-state index contributed by atoms with van der Waals surface area (Å²) < 4.78 is 5.35. The molecule has 0 saturated carbocycles. The summed E-state index contributed by atoms with van der Waals surface area (Å²) in [6.07, 6.45) is 1.82. The van der Waals surface area contributed by atoms with Crippen LogP contribution in [0, 0.1) is 0 Å². The number of anilines is 1. The Morgan fingerprint density at radius 3 is 2.58 bits per heavy atom. The lowest BCUT2D eigenvalue weighted by Crippen LogP contribution is -2.28. The maximum Gasteiger partial charge on any atom is 0.227 e. The number of benzene rings is 2. The van der Waals surface area contributed by atoms with E-state index >= 15 is 0 Å². The molecular weight excluding hydrogens is 328 g/mol. The monoisotopic (exact) mass is 352 g/mol. The summed E-state index contributed by atoms with van der Waals surface area (Å²) in [6.45, 7) is 2.72. The van der Waals surface area contributed by atoms with Crippen LogP contribution in [0.1, 0.15) is 36.9 Å². The van der Waals surface area contributed by atoms with Crippen molar-refractivity contribution in [3.05, 3.63) is 59.7 Å². The molecule has 0 unspecified atom stereocenters. The maximum absolute atomic E-state index is 12.4. The number of nitrogens with zero attached hydrogens (tertiary/aromatic N) is 1. The van der Waals surface area contributed by atoms with Gasteiger partial charge in [-0.15, -0.1) is 0 Å². The minimum Gasteiger partial charge on any atom is -0.496 e. The fourth-order valence-electron chi connectivity index (χ4n) is 3.29. The molecule has 0 radical (unpaired) electrons. The van der Waals surface area contributed by atoms with Crippen LogP contribution < -0.4 is 15.0 Å². The van der Waals surface area contributed by atoms with Gasteiger partial charge in [0, 0.05) is 24.2 Å². The third kappa shape index (κ3) is 4.04. The molecule has 0 spiro atoms. The predicted molar refractivity (Wildman–Crippen MR) is 101 cm³/mol. The molecule has 0 bridgehead atoms. The molecule has 3 rings (SSSR count). The first-order chi connectivity index (χ1) is 12.6. The molecule has 5 nitrogen and oxygen atoms in total. The highest BCUT2D eigenvalue weighted by molar-refractivity contribution is 5.95. The van der Waals surface area contributed by atoms with Crippen molar-refractivity contribution < 1.29 is 14.3 Å². The highest BCUT2D eigenvalue weighted by atomic mass is 16.5. The van der Waals surface area contributed by atoms with Crippen molar-refractivity contribution in [2.24, 2.45) is 0 Å². The number of amides is 2. The van der Waals surface area contributed by atoms with Crippen LogP contribution in [0.15, 0.2) is 48.5 Å². The van der Waals surface area contributed by atoms with Gasteiger partial charge in [0.25, 0.3) is 0 Å². The zero-order valence-electron chi connectivity index (χ0n) is 15.2. The van der Waals surface area contributed by atoms with Gasteiger partial charge in [-0.25, -0.2) is 0 Å². The maximum atomic E-state index is 12.4. The van der Waals surface area contributed by atoms with Crippen LogP contribution in [-0.2, 0) is 16.0 Å². The van der Waals surface area contributed by atoms with Crippen molar-refractivity contribution in [3.63, 3.8) is 0 Å². The van der Waals surface area contributed by atoms with E-state index in [2.05, 4.69) is 5.32 Å². The van der Waals surface area contributed by atoms with Gasteiger partial charge in [0.15, 0.2) is 0 Å². The average molecular weight is 352 g/mol. The highest BCUT2D eigenvalue weighted by Crippen LogP contribution is 2.25. The highest BCUT2D eigenvalue weighted by Gasteiger charge is 2.21. The van der Waals surface area contributed by atoms with Crippen LogP contribution in [0.2, 0.25) is 0 Å². The Kier molecular flexibility index (Phi) is 5.56. The topological polar surface area (TPSA) is 58.6 Å². The van der Waals surface area contributed by atoms with E-state index in [1.54, 1.807) is 12.0 Å². The van der Waals surface area contributed by atoms with E-state index in [0.29, 0.717) is 12.8 Å². The van der Waals surface area contributed by atoms with E-state index in [4.69, 9.17) is 4.74 Å². The van der Waals surface area contributed by atoms with Gasteiger partial charge >= 0.3 is 0 Å². The van der Waals surface area contributed by atoms with Gasteiger partial charge in [-0.05, 0) is 37.1 Å². The molecular formula is C21H24N2O3. The lowest BCUT2D eigenvalue weighted by molar-refractivity contribution is -0.121. The first-order valence-electron chi connectivity index (χ1n) is 8.90. The van der Waals surface area contributed by atoms with E-state index in [0.717, 1.165) is 35.5 Å². The number of ether oxygens (including phenoxy) is 1. The molecule has 1 aliphatic rings. The molecule has 0 aliphatic carbocycles. The molecule has 1 heterocycles. The number of para-hydroxylation sites is 1. The molecule has 1 fully saturated rings. The third-order valence-corrected chi connectivity index (χ3v) is 4.67. The van der Waals surface area contributed by atoms with Crippen molar-refractivity contribution in [1.29, 1.82) is 0 Å². The molecule has 2 amide bonds. The van der Waals surface area contributed by atoms with Crippen LogP contribution in [0.25, 0.3) is 0 Å². The molecule has 1 saturated heterocycles. The Labute approximate surface area is 154 Å².